The van der Waals surface area contributed by atoms with Crippen LogP contribution in [0.15, 0.2) is 41.3 Å². The first-order chi connectivity index (χ1) is 15.8. The number of likely N-dealkylation sites (N-methyl/N-ethyl adjacent to an activating group) is 1. The molecule has 0 spiro atoms. The Balaban J connectivity index is 1.48. The van der Waals surface area contributed by atoms with E-state index in [1.54, 1.807) is 50.6 Å². The topological polar surface area (TPSA) is 101 Å². The normalized spacial score (nSPS) is 15.5. The van der Waals surface area contributed by atoms with E-state index in [-0.39, 0.29) is 17.2 Å². The number of piperazine rings is 1. The quantitative estimate of drug-likeness (QED) is 0.543. The van der Waals surface area contributed by atoms with Crippen molar-refractivity contribution in [2.75, 3.05) is 52.8 Å². The van der Waals surface area contributed by atoms with Gasteiger partial charge in [-0.3, -0.25) is 4.79 Å². The van der Waals surface area contributed by atoms with Gasteiger partial charge in [-0.25, -0.2) is 13.4 Å². The summed E-state index contributed by atoms with van der Waals surface area (Å²) in [4.78, 5) is 19.3. The summed E-state index contributed by atoms with van der Waals surface area (Å²) in [6.45, 7) is 2.35. The van der Waals surface area contributed by atoms with Crippen molar-refractivity contribution in [2.24, 2.45) is 0 Å². The van der Waals surface area contributed by atoms with Gasteiger partial charge in [0, 0.05) is 26.2 Å². The molecule has 33 heavy (non-hydrogen) atoms. The molecule has 1 amide bonds. The van der Waals surface area contributed by atoms with Crippen LogP contribution in [0.1, 0.15) is 5.56 Å². The van der Waals surface area contributed by atoms with E-state index in [1.165, 1.54) is 15.6 Å². The summed E-state index contributed by atoms with van der Waals surface area (Å²) >= 11 is 1.25. The lowest BCUT2D eigenvalue weighted by atomic mass is 10.1. The second-order valence-electron chi connectivity index (χ2n) is 7.77. The van der Waals surface area contributed by atoms with Gasteiger partial charge in [0.15, 0.2) is 16.6 Å². The van der Waals surface area contributed by atoms with E-state index in [1.807, 2.05) is 7.05 Å². The van der Waals surface area contributed by atoms with E-state index < -0.39 is 10.0 Å². The van der Waals surface area contributed by atoms with Gasteiger partial charge in [0.05, 0.1) is 35.8 Å². The van der Waals surface area contributed by atoms with Gasteiger partial charge < -0.3 is 19.7 Å². The largest absolute Gasteiger partial charge is 0.493 e. The van der Waals surface area contributed by atoms with Crippen molar-refractivity contribution in [3.05, 3.63) is 42.0 Å². The third kappa shape index (κ3) is 5.11. The molecule has 0 unspecified atom stereocenters. The lowest BCUT2D eigenvalue weighted by Gasteiger charge is -2.31. The van der Waals surface area contributed by atoms with E-state index >= 15 is 0 Å². The van der Waals surface area contributed by atoms with Gasteiger partial charge in [0.1, 0.15) is 0 Å². The van der Waals surface area contributed by atoms with Crippen molar-refractivity contribution in [1.82, 2.24) is 14.2 Å². The lowest BCUT2D eigenvalue weighted by Crippen LogP contribution is -2.46. The summed E-state index contributed by atoms with van der Waals surface area (Å²) in [7, 11) is 1.51. The van der Waals surface area contributed by atoms with Gasteiger partial charge in [0.25, 0.3) is 0 Å². The predicted octanol–water partition coefficient (Wildman–Crippen LogP) is 2.43. The Kier molecular flexibility index (Phi) is 6.84. The van der Waals surface area contributed by atoms with Gasteiger partial charge in [-0.15, -0.1) is 0 Å². The van der Waals surface area contributed by atoms with E-state index in [9.17, 15) is 13.2 Å². The molecular weight excluding hydrogens is 464 g/mol. The Morgan fingerprint density at radius 3 is 2.48 bits per heavy atom. The fourth-order valence-corrected chi connectivity index (χ4v) is 6.08. The Hall–Kier alpha value is -2.73. The van der Waals surface area contributed by atoms with Crippen LogP contribution in [0.4, 0.5) is 5.13 Å². The maximum absolute atomic E-state index is 13.0. The number of thiazole rings is 1. The highest BCUT2D eigenvalue weighted by Gasteiger charge is 2.28. The number of benzene rings is 2. The van der Waals surface area contributed by atoms with Crippen LogP contribution in [-0.4, -0.2) is 76.0 Å². The van der Waals surface area contributed by atoms with E-state index in [2.05, 4.69) is 15.2 Å². The van der Waals surface area contributed by atoms with Crippen molar-refractivity contribution in [3.63, 3.8) is 0 Å². The third-order valence-electron chi connectivity index (χ3n) is 5.52. The highest BCUT2D eigenvalue weighted by molar-refractivity contribution is 7.89. The molecule has 0 saturated carbocycles. The molecule has 0 radical (unpaired) electrons. The predicted molar refractivity (Wildman–Crippen MR) is 128 cm³/mol. The average molecular weight is 491 g/mol. The van der Waals surface area contributed by atoms with Gasteiger partial charge in [-0.1, -0.05) is 17.4 Å². The Morgan fingerprint density at radius 1 is 1.06 bits per heavy atom. The van der Waals surface area contributed by atoms with Crippen LogP contribution in [0.25, 0.3) is 10.2 Å². The van der Waals surface area contributed by atoms with Gasteiger partial charge in [-0.05, 0) is 42.9 Å². The molecule has 4 rings (SSSR count). The number of fused-ring (bicyclic) bond motifs is 1. The summed E-state index contributed by atoms with van der Waals surface area (Å²) in [5.41, 5.74) is 1.41. The van der Waals surface area contributed by atoms with Crippen LogP contribution in [0.3, 0.4) is 0 Å². The molecule has 1 saturated heterocycles. The molecule has 1 aromatic heterocycles. The minimum Gasteiger partial charge on any atom is -0.493 e. The molecule has 2 aromatic carbocycles. The summed E-state index contributed by atoms with van der Waals surface area (Å²) in [5.74, 6) is 0.915. The molecule has 2 heterocycles. The first-order valence-corrected chi connectivity index (χ1v) is 12.7. The number of aromatic nitrogens is 1. The minimum atomic E-state index is -3.57. The second-order valence-corrected chi connectivity index (χ2v) is 10.7. The molecule has 176 valence electrons. The lowest BCUT2D eigenvalue weighted by molar-refractivity contribution is -0.115. The number of carbonyl (C=O) groups is 1. The van der Waals surface area contributed by atoms with Crippen molar-refractivity contribution < 1.29 is 22.7 Å². The zero-order chi connectivity index (χ0) is 23.6. The molecule has 1 fully saturated rings. The molecule has 1 aliphatic heterocycles. The number of amides is 1. The van der Waals surface area contributed by atoms with Crippen molar-refractivity contribution >= 4 is 42.6 Å². The number of hydrogen-bond acceptors (Lipinski definition) is 8. The third-order valence-corrected chi connectivity index (χ3v) is 8.35. The van der Waals surface area contributed by atoms with Gasteiger partial charge in [-0.2, -0.15) is 4.31 Å². The van der Waals surface area contributed by atoms with Crippen molar-refractivity contribution in [3.8, 4) is 11.5 Å². The monoisotopic (exact) mass is 490 g/mol. The molecule has 0 aliphatic carbocycles. The average Bonchev–Trinajstić information content (AvgIpc) is 3.20. The molecule has 11 heteroatoms. The van der Waals surface area contributed by atoms with E-state index in [0.29, 0.717) is 53.0 Å². The molecule has 1 N–H and O–H groups in total. The van der Waals surface area contributed by atoms with Crippen molar-refractivity contribution in [1.29, 1.82) is 0 Å². The van der Waals surface area contributed by atoms with E-state index in [4.69, 9.17) is 9.47 Å². The smallest absolute Gasteiger partial charge is 0.243 e. The number of anilines is 1. The van der Waals surface area contributed by atoms with Crippen LogP contribution in [0.2, 0.25) is 0 Å². The molecule has 1 aliphatic rings. The van der Waals surface area contributed by atoms with Crippen LogP contribution < -0.4 is 14.8 Å². The number of hydrogen-bond donors (Lipinski definition) is 1. The number of rotatable bonds is 7. The molecule has 9 nitrogen and oxygen atoms in total. The van der Waals surface area contributed by atoms with Crippen LogP contribution in [-0.2, 0) is 21.2 Å². The SMILES string of the molecule is COc1ccc(CC(=O)Nc2nc3ccc(S(=O)(=O)N4CCN(C)CC4)cc3s2)cc1OC. The number of sulfonamides is 1. The van der Waals surface area contributed by atoms with Crippen LogP contribution in [0.5, 0.6) is 11.5 Å². The summed E-state index contributed by atoms with van der Waals surface area (Å²) in [6, 6.07) is 10.2. The number of carbonyl (C=O) groups excluding carboxylic acids is 1. The minimum absolute atomic E-state index is 0.138. The highest BCUT2D eigenvalue weighted by atomic mass is 32.2. The molecular formula is C22H26N4O5S2. The Morgan fingerprint density at radius 2 is 1.79 bits per heavy atom. The standard InChI is InChI=1S/C22H26N4O5S2/c1-25-8-10-26(11-9-25)33(28,29)16-5-6-17-20(14-16)32-22(23-17)24-21(27)13-15-4-7-18(30-2)19(12-15)31-3/h4-7,12,14H,8-11,13H2,1-3H3,(H,23,24,27). The Labute approximate surface area is 197 Å². The maximum Gasteiger partial charge on any atom is 0.243 e. The van der Waals surface area contributed by atoms with E-state index in [0.717, 1.165) is 5.56 Å². The number of ether oxygens (including phenoxy) is 2. The zero-order valence-electron chi connectivity index (χ0n) is 18.7. The van der Waals surface area contributed by atoms with Crippen LogP contribution in [0, 0.1) is 0 Å². The van der Waals surface area contributed by atoms with Gasteiger partial charge in [0.2, 0.25) is 15.9 Å². The Bertz CT molecular complexity index is 1270. The molecule has 0 atom stereocenters. The number of nitrogens with zero attached hydrogens (tertiary/aromatic N) is 3. The highest BCUT2D eigenvalue weighted by Crippen LogP contribution is 2.30. The summed E-state index contributed by atoms with van der Waals surface area (Å²) in [6.07, 6.45) is 0.138. The second kappa shape index (κ2) is 9.64. The fourth-order valence-electron chi connectivity index (χ4n) is 3.64. The molecule has 3 aromatic rings. The summed E-state index contributed by atoms with van der Waals surface area (Å²) < 4.78 is 38.8. The first kappa shape index (κ1) is 23.4. The number of nitrogens with one attached hydrogen (secondary N) is 1. The zero-order valence-corrected chi connectivity index (χ0v) is 20.3. The fraction of sp³-hybridized carbons (Fsp3) is 0.364. The maximum atomic E-state index is 13.0. The van der Waals surface area contributed by atoms with Crippen molar-refractivity contribution in [2.45, 2.75) is 11.3 Å². The first-order valence-electron chi connectivity index (χ1n) is 10.4. The molecule has 0 bridgehead atoms. The number of methoxy groups -OCH3 is 2. The van der Waals surface area contributed by atoms with Gasteiger partial charge >= 0.3 is 0 Å². The summed E-state index contributed by atoms with van der Waals surface area (Å²) in [5, 5.41) is 3.22. The van der Waals surface area contributed by atoms with Crippen LogP contribution >= 0.6 is 11.3 Å².